The number of aryl methyl sites for hydroxylation is 1. The molecule has 5 rings (SSSR count). The summed E-state index contributed by atoms with van der Waals surface area (Å²) < 4.78 is 1.62. The van der Waals surface area contributed by atoms with Crippen LogP contribution in [0.2, 0.25) is 5.02 Å². The molecule has 0 unspecified atom stereocenters. The molecule has 0 aliphatic carbocycles. The third kappa shape index (κ3) is 2.36. The third-order valence-corrected chi connectivity index (χ3v) is 6.06. The van der Waals surface area contributed by atoms with Gasteiger partial charge in [0.25, 0.3) is 0 Å². The summed E-state index contributed by atoms with van der Waals surface area (Å²) in [5.41, 5.74) is 2.74. The first-order valence-corrected chi connectivity index (χ1v) is 9.85. The summed E-state index contributed by atoms with van der Waals surface area (Å²) in [7, 11) is 0. The quantitative estimate of drug-likeness (QED) is 0.651. The second-order valence-electron chi connectivity index (χ2n) is 7.49. The van der Waals surface area contributed by atoms with Crippen LogP contribution >= 0.6 is 11.6 Å². The molecule has 30 heavy (non-hydrogen) atoms. The molecule has 7 heteroatoms. The van der Waals surface area contributed by atoms with Gasteiger partial charge in [-0.2, -0.15) is 5.10 Å². The Bertz CT molecular complexity index is 1260. The van der Waals surface area contributed by atoms with E-state index >= 15 is 0 Å². The number of carbonyl (C=O) groups excluding carboxylic acids is 2. The van der Waals surface area contributed by atoms with E-state index in [1.807, 2.05) is 37.3 Å². The number of carbonyl (C=O) groups is 2. The first kappa shape index (κ1) is 18.5. The molecule has 148 valence electrons. The van der Waals surface area contributed by atoms with E-state index in [0.29, 0.717) is 16.4 Å². The van der Waals surface area contributed by atoms with Crippen LogP contribution in [0.5, 0.6) is 0 Å². The fourth-order valence-corrected chi connectivity index (χ4v) is 4.68. The van der Waals surface area contributed by atoms with Crippen LogP contribution in [-0.4, -0.2) is 28.1 Å². The van der Waals surface area contributed by atoms with E-state index in [0.717, 1.165) is 22.5 Å². The van der Waals surface area contributed by atoms with E-state index in [4.69, 9.17) is 18.0 Å². The van der Waals surface area contributed by atoms with Crippen LogP contribution in [0.15, 0.2) is 48.7 Å². The van der Waals surface area contributed by atoms with Gasteiger partial charge in [0, 0.05) is 17.0 Å². The standard InChI is InChI=1S/C23H17ClN4O2/c1-3-11-27-20-14(2)5-4-6-17(20)23(22(27)30)12-19(29)26-21-18(23)13-25-28(21)16-9-7-15(24)8-10-16/h1,4-10,13H,11-12H2,2H3,(H,26,29)/t23-/m0/s1. The summed E-state index contributed by atoms with van der Waals surface area (Å²) in [6.45, 7) is 2.08. The van der Waals surface area contributed by atoms with E-state index < -0.39 is 5.41 Å². The van der Waals surface area contributed by atoms with Crippen molar-refractivity contribution in [2.24, 2.45) is 0 Å². The number of fused-ring (bicyclic) bond motifs is 4. The van der Waals surface area contributed by atoms with Gasteiger partial charge in [0.15, 0.2) is 0 Å². The van der Waals surface area contributed by atoms with Crippen molar-refractivity contribution < 1.29 is 9.59 Å². The van der Waals surface area contributed by atoms with Gasteiger partial charge < -0.3 is 5.32 Å². The van der Waals surface area contributed by atoms with Crippen LogP contribution in [0.3, 0.4) is 0 Å². The maximum absolute atomic E-state index is 13.8. The molecule has 1 spiro atoms. The molecule has 2 aliphatic heterocycles. The molecule has 2 amide bonds. The summed E-state index contributed by atoms with van der Waals surface area (Å²) in [5, 5.41) is 8.00. The predicted octanol–water partition coefficient (Wildman–Crippen LogP) is 3.44. The van der Waals surface area contributed by atoms with Crippen molar-refractivity contribution in [1.29, 1.82) is 0 Å². The van der Waals surface area contributed by atoms with Crippen molar-refractivity contribution in [3.63, 3.8) is 0 Å². The number of aromatic nitrogens is 2. The van der Waals surface area contributed by atoms with E-state index in [9.17, 15) is 9.59 Å². The highest BCUT2D eigenvalue weighted by molar-refractivity contribution is 6.30. The van der Waals surface area contributed by atoms with Gasteiger partial charge in [-0.25, -0.2) is 4.68 Å². The molecular formula is C23H17ClN4O2. The fourth-order valence-electron chi connectivity index (χ4n) is 4.55. The van der Waals surface area contributed by atoms with Gasteiger partial charge in [0.05, 0.1) is 24.1 Å². The van der Waals surface area contributed by atoms with Crippen LogP contribution in [0.1, 0.15) is 23.1 Å². The maximum atomic E-state index is 13.8. The van der Waals surface area contributed by atoms with Gasteiger partial charge in [-0.15, -0.1) is 6.42 Å². The average molecular weight is 417 g/mol. The van der Waals surface area contributed by atoms with Crippen molar-refractivity contribution >= 4 is 34.9 Å². The number of benzene rings is 2. The number of nitrogens with zero attached hydrogens (tertiary/aromatic N) is 3. The first-order valence-electron chi connectivity index (χ1n) is 9.47. The molecule has 6 nitrogen and oxygen atoms in total. The molecular weight excluding hydrogens is 400 g/mol. The number of anilines is 2. The topological polar surface area (TPSA) is 67.2 Å². The SMILES string of the molecule is C#CCN1C(=O)[C@@]2(CC(=O)Nc3c2cnn3-c2ccc(Cl)cc2)c2cccc(C)c21. The summed E-state index contributed by atoms with van der Waals surface area (Å²) >= 11 is 6.01. The number of para-hydroxylation sites is 1. The molecule has 0 saturated heterocycles. The Labute approximate surface area is 178 Å². The highest BCUT2D eigenvalue weighted by Gasteiger charge is 2.57. The molecule has 0 saturated carbocycles. The normalized spacial score (nSPS) is 19.4. The Balaban J connectivity index is 1.77. The lowest BCUT2D eigenvalue weighted by molar-refractivity contribution is -0.126. The average Bonchev–Trinajstić information content (AvgIpc) is 3.24. The second kappa shape index (κ2) is 6.48. The van der Waals surface area contributed by atoms with Gasteiger partial charge in [0.1, 0.15) is 11.2 Å². The molecule has 0 radical (unpaired) electrons. The highest BCUT2D eigenvalue weighted by Crippen LogP contribution is 2.53. The Hall–Kier alpha value is -3.56. The number of halogens is 1. The van der Waals surface area contributed by atoms with Crippen LogP contribution in [-0.2, 0) is 15.0 Å². The monoisotopic (exact) mass is 416 g/mol. The van der Waals surface area contributed by atoms with Crippen molar-refractivity contribution in [2.45, 2.75) is 18.8 Å². The number of rotatable bonds is 2. The number of amides is 2. The Morgan fingerprint density at radius 2 is 1.97 bits per heavy atom. The molecule has 0 bridgehead atoms. The fraction of sp³-hybridized carbons (Fsp3) is 0.174. The Morgan fingerprint density at radius 1 is 1.20 bits per heavy atom. The lowest BCUT2D eigenvalue weighted by Gasteiger charge is -2.32. The zero-order chi connectivity index (χ0) is 21.0. The van der Waals surface area contributed by atoms with Crippen molar-refractivity contribution in [3.8, 4) is 18.0 Å². The van der Waals surface area contributed by atoms with Gasteiger partial charge in [-0.3, -0.25) is 14.5 Å². The first-order chi connectivity index (χ1) is 14.5. The number of nitrogens with one attached hydrogen (secondary N) is 1. The van der Waals surface area contributed by atoms with Crippen molar-refractivity contribution in [1.82, 2.24) is 9.78 Å². The molecule has 1 aromatic heterocycles. The van der Waals surface area contributed by atoms with Crippen LogP contribution < -0.4 is 10.2 Å². The van der Waals surface area contributed by atoms with Crippen LogP contribution in [0, 0.1) is 19.3 Å². The summed E-state index contributed by atoms with van der Waals surface area (Å²) in [6.07, 6.45) is 7.22. The minimum Gasteiger partial charge on any atom is -0.310 e. The second-order valence-corrected chi connectivity index (χ2v) is 7.93. The van der Waals surface area contributed by atoms with Gasteiger partial charge in [-0.1, -0.05) is 35.7 Å². The van der Waals surface area contributed by atoms with Crippen molar-refractivity contribution in [2.75, 3.05) is 16.8 Å². The molecule has 1 N–H and O–H groups in total. The van der Waals surface area contributed by atoms with Crippen molar-refractivity contribution in [3.05, 3.63) is 70.4 Å². The predicted molar refractivity (Wildman–Crippen MR) is 115 cm³/mol. The largest absolute Gasteiger partial charge is 0.310 e. The minimum absolute atomic E-state index is 0.00265. The molecule has 3 aromatic rings. The zero-order valence-electron chi connectivity index (χ0n) is 16.1. The minimum atomic E-state index is -1.15. The van der Waals surface area contributed by atoms with E-state index in [-0.39, 0.29) is 24.8 Å². The highest BCUT2D eigenvalue weighted by atomic mass is 35.5. The molecule has 0 fully saturated rings. The molecule has 1 atom stereocenters. The van der Waals surface area contributed by atoms with E-state index in [1.165, 1.54) is 0 Å². The number of terminal acetylenes is 1. The zero-order valence-corrected chi connectivity index (χ0v) is 16.9. The van der Waals surface area contributed by atoms with E-state index in [2.05, 4.69) is 16.3 Å². The Kier molecular flexibility index (Phi) is 3.99. The molecule has 2 aliphatic rings. The van der Waals surface area contributed by atoms with Gasteiger partial charge in [-0.05, 0) is 42.3 Å². The Morgan fingerprint density at radius 3 is 2.70 bits per heavy atom. The summed E-state index contributed by atoms with van der Waals surface area (Å²) in [4.78, 5) is 28.2. The molecule has 2 aromatic carbocycles. The maximum Gasteiger partial charge on any atom is 0.243 e. The summed E-state index contributed by atoms with van der Waals surface area (Å²) in [5.74, 6) is 2.61. The van der Waals surface area contributed by atoms with Gasteiger partial charge in [0.2, 0.25) is 11.8 Å². The van der Waals surface area contributed by atoms with E-state index in [1.54, 1.807) is 27.9 Å². The number of hydrogen-bond acceptors (Lipinski definition) is 3. The van der Waals surface area contributed by atoms with Gasteiger partial charge >= 0.3 is 0 Å². The lowest BCUT2D eigenvalue weighted by Crippen LogP contribution is -2.46. The van der Waals surface area contributed by atoms with Crippen LogP contribution in [0.4, 0.5) is 11.5 Å². The third-order valence-electron chi connectivity index (χ3n) is 5.81. The molecule has 3 heterocycles. The lowest BCUT2D eigenvalue weighted by atomic mass is 9.71. The summed E-state index contributed by atoms with van der Waals surface area (Å²) in [6, 6.07) is 12.9. The smallest absolute Gasteiger partial charge is 0.243 e. The van der Waals surface area contributed by atoms with Crippen LogP contribution in [0.25, 0.3) is 5.69 Å². The number of hydrogen-bond donors (Lipinski definition) is 1.